The Morgan fingerprint density at radius 1 is 1.19 bits per heavy atom. The van der Waals surface area contributed by atoms with Crippen molar-refractivity contribution in [2.24, 2.45) is 0 Å². The van der Waals surface area contributed by atoms with Crippen molar-refractivity contribution in [2.75, 3.05) is 10.5 Å². The first-order valence-electron chi connectivity index (χ1n) is 10.9. The highest BCUT2D eigenvalue weighted by molar-refractivity contribution is 7.92. The summed E-state index contributed by atoms with van der Waals surface area (Å²) in [4.78, 5) is 31.5. The van der Waals surface area contributed by atoms with Gasteiger partial charge >= 0.3 is 0 Å². The minimum absolute atomic E-state index is 0.0869. The average molecular weight is 514 g/mol. The van der Waals surface area contributed by atoms with Crippen molar-refractivity contribution < 1.29 is 31.9 Å². The largest absolute Gasteiger partial charge is 0.507 e. The van der Waals surface area contributed by atoms with Crippen molar-refractivity contribution in [2.45, 2.75) is 20.3 Å². The zero-order chi connectivity index (χ0) is 26.2. The molecule has 0 radical (unpaired) electrons. The molecule has 186 valence electrons. The van der Waals surface area contributed by atoms with Crippen LogP contribution in [0.25, 0.3) is 22.2 Å². The minimum atomic E-state index is -3.88. The molecule has 4 rings (SSSR count). The van der Waals surface area contributed by atoms with Gasteiger partial charge in [0.2, 0.25) is 15.8 Å². The number of phenolic OH excluding ortho intramolecular Hbond substituents is 1. The molecule has 0 aliphatic heterocycles. The van der Waals surface area contributed by atoms with Crippen LogP contribution in [-0.4, -0.2) is 41.3 Å². The van der Waals surface area contributed by atoms with Crippen LogP contribution < -0.4 is 4.72 Å². The number of sulfonamides is 1. The Hall–Kier alpha value is -4.12. The van der Waals surface area contributed by atoms with Crippen LogP contribution in [0.4, 0.5) is 14.5 Å². The topological polar surface area (TPSA) is 129 Å². The van der Waals surface area contributed by atoms with Gasteiger partial charge in [0.1, 0.15) is 17.2 Å². The van der Waals surface area contributed by atoms with Crippen LogP contribution in [0, 0.1) is 18.6 Å². The maximum Gasteiger partial charge on any atom is 0.232 e. The van der Waals surface area contributed by atoms with Gasteiger partial charge in [-0.2, -0.15) is 0 Å². The summed E-state index contributed by atoms with van der Waals surface area (Å²) >= 11 is 0. The van der Waals surface area contributed by atoms with Crippen LogP contribution in [0.1, 0.15) is 45.2 Å². The fourth-order valence-corrected chi connectivity index (χ4v) is 5.04. The number of aldehydes is 1. The number of halogens is 2. The maximum atomic E-state index is 15.2. The van der Waals surface area contributed by atoms with Crippen LogP contribution in [0.15, 0.2) is 42.7 Å². The van der Waals surface area contributed by atoms with Crippen molar-refractivity contribution in [1.82, 2.24) is 9.97 Å². The summed E-state index contributed by atoms with van der Waals surface area (Å²) in [6, 6.07) is 6.33. The van der Waals surface area contributed by atoms with E-state index in [0.29, 0.717) is 23.0 Å². The molecule has 0 aliphatic rings. The number of hydrogen-bond acceptors (Lipinski definition) is 6. The lowest BCUT2D eigenvalue weighted by Crippen LogP contribution is -2.18. The second-order valence-electron chi connectivity index (χ2n) is 8.20. The average Bonchev–Trinajstić information content (AvgIpc) is 3.24. The van der Waals surface area contributed by atoms with Crippen molar-refractivity contribution in [1.29, 1.82) is 0 Å². The molecule has 0 fully saturated rings. The number of phenols is 1. The summed E-state index contributed by atoms with van der Waals surface area (Å²) in [7, 11) is -3.88. The number of nitrogens with zero attached hydrogens (tertiary/aromatic N) is 1. The van der Waals surface area contributed by atoms with E-state index in [9.17, 15) is 27.5 Å². The normalized spacial score (nSPS) is 11.6. The number of carbonyl (C=O) groups is 2. The first-order valence-corrected chi connectivity index (χ1v) is 12.5. The van der Waals surface area contributed by atoms with E-state index in [-0.39, 0.29) is 40.1 Å². The number of rotatable bonds is 8. The summed E-state index contributed by atoms with van der Waals surface area (Å²) in [5.74, 6) is -3.99. The highest BCUT2D eigenvalue weighted by Crippen LogP contribution is 2.32. The zero-order valence-corrected chi connectivity index (χ0v) is 20.0. The Bertz CT molecular complexity index is 1610. The SMILES string of the molecule is CCCS(=O)(=O)Nc1ccc(F)c(C(=O)c2c[nH]c3ncc(-c4cc(C)c(C=O)c(O)c4)cc23)c1F. The van der Waals surface area contributed by atoms with Crippen LogP contribution >= 0.6 is 0 Å². The number of aromatic amines is 1. The maximum absolute atomic E-state index is 15.2. The molecule has 0 spiro atoms. The van der Waals surface area contributed by atoms with E-state index >= 15 is 4.39 Å². The standard InChI is InChI=1S/C25H21F2N3O5S/c1-3-6-36(34,35)30-20-5-4-19(26)22(23(20)27)24(33)17-11-29-25-16(17)8-15(10-28-25)14-7-13(2)18(12-31)21(32)9-14/h4-5,7-12,30,32H,3,6H2,1-2H3,(H,28,29). The third kappa shape index (κ3) is 4.57. The van der Waals surface area contributed by atoms with Gasteiger partial charge < -0.3 is 10.1 Å². The van der Waals surface area contributed by atoms with Gasteiger partial charge in [0, 0.05) is 28.9 Å². The number of aromatic nitrogens is 2. The number of carbonyl (C=O) groups excluding carboxylic acids is 2. The van der Waals surface area contributed by atoms with E-state index in [0.717, 1.165) is 12.1 Å². The number of aromatic hydroxyl groups is 1. The molecule has 0 saturated heterocycles. The summed E-state index contributed by atoms with van der Waals surface area (Å²) in [6.45, 7) is 3.28. The number of pyridine rings is 1. The molecule has 0 atom stereocenters. The molecule has 36 heavy (non-hydrogen) atoms. The molecule has 3 N–H and O–H groups in total. The van der Waals surface area contributed by atoms with Gasteiger partial charge in [0.25, 0.3) is 0 Å². The third-order valence-electron chi connectivity index (χ3n) is 5.65. The molecule has 2 heterocycles. The summed E-state index contributed by atoms with van der Waals surface area (Å²) in [6.07, 6.45) is 3.56. The van der Waals surface area contributed by atoms with Crippen molar-refractivity contribution in [3.8, 4) is 16.9 Å². The third-order valence-corrected chi connectivity index (χ3v) is 7.13. The van der Waals surface area contributed by atoms with Gasteiger partial charge in [-0.3, -0.25) is 14.3 Å². The molecule has 4 aromatic rings. The van der Waals surface area contributed by atoms with E-state index in [1.807, 2.05) is 0 Å². The number of ketones is 1. The molecule has 0 aliphatic carbocycles. The fraction of sp³-hybridized carbons (Fsp3) is 0.160. The van der Waals surface area contributed by atoms with Crippen LogP contribution in [0.3, 0.4) is 0 Å². The van der Waals surface area contributed by atoms with E-state index in [1.54, 1.807) is 26.0 Å². The van der Waals surface area contributed by atoms with Crippen molar-refractivity contribution >= 4 is 38.8 Å². The first-order chi connectivity index (χ1) is 17.1. The molecule has 0 saturated carbocycles. The van der Waals surface area contributed by atoms with Crippen LogP contribution in [-0.2, 0) is 10.0 Å². The first kappa shape index (κ1) is 25.0. The molecular formula is C25H21F2N3O5S. The minimum Gasteiger partial charge on any atom is -0.507 e. The molecule has 11 heteroatoms. The van der Waals surface area contributed by atoms with Crippen LogP contribution in [0.2, 0.25) is 0 Å². The highest BCUT2D eigenvalue weighted by Gasteiger charge is 2.26. The lowest BCUT2D eigenvalue weighted by atomic mass is 9.98. The highest BCUT2D eigenvalue weighted by atomic mass is 32.2. The van der Waals surface area contributed by atoms with Crippen LogP contribution in [0.5, 0.6) is 5.75 Å². The molecule has 0 bridgehead atoms. The number of hydrogen-bond donors (Lipinski definition) is 3. The monoisotopic (exact) mass is 513 g/mol. The van der Waals surface area contributed by atoms with Crippen molar-refractivity contribution in [3.05, 3.63) is 76.6 Å². The van der Waals surface area contributed by atoms with E-state index in [1.165, 1.54) is 18.5 Å². The quantitative estimate of drug-likeness (QED) is 0.231. The molecule has 2 aromatic carbocycles. The Kier molecular flexibility index (Phi) is 6.59. The van der Waals surface area contributed by atoms with Gasteiger partial charge in [-0.25, -0.2) is 22.2 Å². The predicted molar refractivity (Wildman–Crippen MR) is 131 cm³/mol. The Morgan fingerprint density at radius 3 is 2.61 bits per heavy atom. The predicted octanol–water partition coefficient (Wildman–Crippen LogP) is 4.72. The second kappa shape index (κ2) is 9.50. The molecule has 2 aromatic heterocycles. The number of aryl methyl sites for hydroxylation is 1. The summed E-state index contributed by atoms with van der Waals surface area (Å²) in [5, 5.41) is 10.4. The zero-order valence-electron chi connectivity index (χ0n) is 19.2. The van der Waals surface area contributed by atoms with E-state index in [4.69, 9.17) is 0 Å². The van der Waals surface area contributed by atoms with Gasteiger partial charge in [0.05, 0.1) is 22.6 Å². The van der Waals surface area contributed by atoms with Gasteiger partial charge in [-0.1, -0.05) is 13.0 Å². The molecule has 0 amide bonds. The fourth-order valence-electron chi connectivity index (χ4n) is 3.91. The van der Waals surface area contributed by atoms with E-state index in [2.05, 4.69) is 14.7 Å². The van der Waals surface area contributed by atoms with Gasteiger partial charge in [0.15, 0.2) is 12.1 Å². The lowest BCUT2D eigenvalue weighted by Gasteiger charge is -2.11. The Labute approximate surface area is 205 Å². The molecule has 0 unspecified atom stereocenters. The number of nitrogens with one attached hydrogen (secondary N) is 2. The van der Waals surface area contributed by atoms with Gasteiger partial charge in [-0.15, -0.1) is 0 Å². The number of benzene rings is 2. The van der Waals surface area contributed by atoms with Crippen molar-refractivity contribution in [3.63, 3.8) is 0 Å². The Morgan fingerprint density at radius 2 is 1.94 bits per heavy atom. The molecule has 8 nitrogen and oxygen atoms in total. The van der Waals surface area contributed by atoms with E-state index < -0.39 is 38.7 Å². The smallest absolute Gasteiger partial charge is 0.232 e. The number of H-pyrrole nitrogens is 1. The second-order valence-corrected chi connectivity index (χ2v) is 10.0. The lowest BCUT2D eigenvalue weighted by molar-refractivity contribution is 0.103. The summed E-state index contributed by atoms with van der Waals surface area (Å²) < 4.78 is 56.0. The molecular weight excluding hydrogens is 492 g/mol. The van der Waals surface area contributed by atoms with Gasteiger partial charge in [-0.05, 0) is 48.7 Å². The number of anilines is 1. The summed E-state index contributed by atoms with van der Waals surface area (Å²) in [5.41, 5.74) is 0.394. The number of fused-ring (bicyclic) bond motifs is 1. The Balaban J connectivity index is 1.80.